The largest absolute Gasteiger partial charge is 0.487 e. The molecule has 0 N–H and O–H groups in total. The number of hydrogen-bond acceptors (Lipinski definition) is 2. The van der Waals surface area contributed by atoms with E-state index in [1.54, 1.807) is 0 Å². The Balaban J connectivity index is 2.62. The molecule has 2 rings (SSSR count). The molecule has 0 spiro atoms. The van der Waals surface area contributed by atoms with Gasteiger partial charge in [0.2, 0.25) is 0 Å². The molecule has 3 heteroatoms. The number of amides is 1. The molecule has 0 saturated carbocycles. The first-order valence-corrected chi connectivity index (χ1v) is 8.99. The zero-order valence-corrected chi connectivity index (χ0v) is 15.6. The van der Waals surface area contributed by atoms with Gasteiger partial charge in [0.25, 0.3) is 5.91 Å². The standard InChI is InChI=1S/C21H29NO2/c1-6-21(5,7-2)24-18-15-14-16-12-10-11-13-17(16)19(18)20(23)22(8-3)9-4/h10-15H,6-9H2,1-5H3. The number of ether oxygens (including phenoxy) is 1. The Hall–Kier alpha value is -2.03. The minimum Gasteiger partial charge on any atom is -0.487 e. The second-order valence-corrected chi connectivity index (χ2v) is 6.40. The van der Waals surface area contributed by atoms with E-state index in [9.17, 15) is 4.79 Å². The van der Waals surface area contributed by atoms with Gasteiger partial charge in [-0.15, -0.1) is 0 Å². The molecular formula is C21H29NO2. The van der Waals surface area contributed by atoms with Crippen LogP contribution in [0.5, 0.6) is 5.75 Å². The third-order valence-corrected chi connectivity index (χ3v) is 5.01. The summed E-state index contributed by atoms with van der Waals surface area (Å²) >= 11 is 0. The van der Waals surface area contributed by atoms with E-state index in [1.807, 2.05) is 55.1 Å². The number of carbonyl (C=O) groups excluding carboxylic acids is 1. The Bertz CT molecular complexity index is 700. The van der Waals surface area contributed by atoms with E-state index in [1.165, 1.54) is 0 Å². The Kier molecular flexibility index (Phi) is 5.87. The zero-order chi connectivity index (χ0) is 17.7. The smallest absolute Gasteiger partial charge is 0.258 e. The molecule has 0 bridgehead atoms. The maximum Gasteiger partial charge on any atom is 0.258 e. The number of nitrogens with zero attached hydrogens (tertiary/aromatic N) is 1. The summed E-state index contributed by atoms with van der Waals surface area (Å²) in [6.07, 6.45) is 1.80. The van der Waals surface area contributed by atoms with Crippen molar-refractivity contribution in [3.63, 3.8) is 0 Å². The van der Waals surface area contributed by atoms with Gasteiger partial charge in [-0.25, -0.2) is 0 Å². The summed E-state index contributed by atoms with van der Waals surface area (Å²) < 4.78 is 6.35. The Morgan fingerprint density at radius 2 is 1.62 bits per heavy atom. The Morgan fingerprint density at radius 3 is 2.21 bits per heavy atom. The fourth-order valence-electron chi connectivity index (χ4n) is 2.89. The van der Waals surface area contributed by atoms with Crippen LogP contribution in [0, 0.1) is 0 Å². The van der Waals surface area contributed by atoms with Crippen LogP contribution in [0.3, 0.4) is 0 Å². The minimum atomic E-state index is -0.263. The number of hydrogen-bond donors (Lipinski definition) is 0. The van der Waals surface area contributed by atoms with Crippen molar-refractivity contribution in [2.24, 2.45) is 0 Å². The van der Waals surface area contributed by atoms with Crippen LogP contribution >= 0.6 is 0 Å². The summed E-state index contributed by atoms with van der Waals surface area (Å²) in [5.41, 5.74) is 0.422. The fraction of sp³-hybridized carbons (Fsp3) is 0.476. The molecule has 2 aromatic carbocycles. The van der Waals surface area contributed by atoms with Crippen molar-refractivity contribution in [1.29, 1.82) is 0 Å². The van der Waals surface area contributed by atoms with Crippen molar-refractivity contribution < 1.29 is 9.53 Å². The highest BCUT2D eigenvalue weighted by Gasteiger charge is 2.27. The highest BCUT2D eigenvalue weighted by molar-refractivity contribution is 6.09. The summed E-state index contributed by atoms with van der Waals surface area (Å²) in [6, 6.07) is 12.0. The topological polar surface area (TPSA) is 29.5 Å². The van der Waals surface area contributed by atoms with Crippen molar-refractivity contribution in [2.45, 2.75) is 53.1 Å². The lowest BCUT2D eigenvalue weighted by atomic mass is 9.98. The predicted molar refractivity (Wildman–Crippen MR) is 101 cm³/mol. The molecule has 0 saturated heterocycles. The molecule has 1 amide bonds. The van der Waals surface area contributed by atoms with Gasteiger partial charge in [0.1, 0.15) is 11.4 Å². The van der Waals surface area contributed by atoms with Crippen molar-refractivity contribution in [2.75, 3.05) is 13.1 Å². The highest BCUT2D eigenvalue weighted by atomic mass is 16.5. The molecule has 2 aromatic rings. The van der Waals surface area contributed by atoms with Crippen LogP contribution in [0.2, 0.25) is 0 Å². The Morgan fingerprint density at radius 1 is 1.00 bits per heavy atom. The SMILES string of the molecule is CCN(CC)C(=O)c1c(OC(C)(CC)CC)ccc2ccccc12. The number of rotatable bonds is 7. The Labute approximate surface area is 145 Å². The van der Waals surface area contributed by atoms with Gasteiger partial charge in [-0.05, 0) is 50.5 Å². The van der Waals surface area contributed by atoms with Crippen molar-refractivity contribution in [1.82, 2.24) is 4.90 Å². The monoisotopic (exact) mass is 327 g/mol. The van der Waals surface area contributed by atoms with E-state index in [0.717, 1.165) is 23.6 Å². The molecule has 0 fully saturated rings. The maximum atomic E-state index is 13.2. The van der Waals surface area contributed by atoms with E-state index in [4.69, 9.17) is 4.74 Å². The van der Waals surface area contributed by atoms with E-state index < -0.39 is 0 Å². The molecule has 0 aliphatic carbocycles. The van der Waals surface area contributed by atoms with Crippen LogP contribution in [-0.4, -0.2) is 29.5 Å². The molecule has 3 nitrogen and oxygen atoms in total. The molecule has 0 heterocycles. The van der Waals surface area contributed by atoms with E-state index in [2.05, 4.69) is 20.8 Å². The number of benzene rings is 2. The molecule has 0 aliphatic heterocycles. The quantitative estimate of drug-likeness (QED) is 0.692. The average molecular weight is 327 g/mol. The molecule has 0 unspecified atom stereocenters. The maximum absolute atomic E-state index is 13.2. The highest BCUT2D eigenvalue weighted by Crippen LogP contribution is 2.33. The lowest BCUT2D eigenvalue weighted by Gasteiger charge is -2.30. The normalized spacial score (nSPS) is 11.5. The number of fused-ring (bicyclic) bond motifs is 1. The van der Waals surface area contributed by atoms with Crippen LogP contribution in [0.25, 0.3) is 10.8 Å². The molecular weight excluding hydrogens is 298 g/mol. The van der Waals surface area contributed by atoms with Crippen LogP contribution in [0.1, 0.15) is 57.8 Å². The lowest BCUT2D eigenvalue weighted by molar-refractivity contribution is 0.0697. The van der Waals surface area contributed by atoms with Crippen molar-refractivity contribution >= 4 is 16.7 Å². The molecule has 0 aromatic heterocycles. The average Bonchev–Trinajstić information content (AvgIpc) is 2.62. The molecule has 130 valence electrons. The van der Waals surface area contributed by atoms with E-state index >= 15 is 0 Å². The molecule has 0 aliphatic rings. The molecule has 0 atom stereocenters. The second-order valence-electron chi connectivity index (χ2n) is 6.40. The zero-order valence-electron chi connectivity index (χ0n) is 15.6. The first-order chi connectivity index (χ1) is 11.5. The van der Waals surface area contributed by atoms with E-state index in [0.29, 0.717) is 24.4 Å². The van der Waals surface area contributed by atoms with Gasteiger partial charge < -0.3 is 9.64 Å². The van der Waals surface area contributed by atoms with Crippen molar-refractivity contribution in [3.05, 3.63) is 42.0 Å². The minimum absolute atomic E-state index is 0.0429. The van der Waals surface area contributed by atoms with Gasteiger partial charge >= 0.3 is 0 Å². The van der Waals surface area contributed by atoms with Gasteiger partial charge in [-0.1, -0.05) is 44.2 Å². The van der Waals surface area contributed by atoms with Gasteiger partial charge in [-0.3, -0.25) is 4.79 Å². The summed E-state index contributed by atoms with van der Waals surface area (Å²) in [5, 5.41) is 2.02. The van der Waals surface area contributed by atoms with E-state index in [-0.39, 0.29) is 11.5 Å². The van der Waals surface area contributed by atoms with Gasteiger partial charge in [-0.2, -0.15) is 0 Å². The van der Waals surface area contributed by atoms with Crippen molar-refractivity contribution in [3.8, 4) is 5.75 Å². The summed E-state index contributed by atoms with van der Waals surface area (Å²) in [5.74, 6) is 0.734. The third-order valence-electron chi connectivity index (χ3n) is 5.01. The predicted octanol–water partition coefficient (Wildman–Crippen LogP) is 5.28. The lowest BCUT2D eigenvalue weighted by Crippen LogP contribution is -2.34. The van der Waals surface area contributed by atoms with Gasteiger partial charge in [0.15, 0.2) is 0 Å². The molecule has 0 radical (unpaired) electrons. The van der Waals surface area contributed by atoms with Crippen LogP contribution < -0.4 is 4.74 Å². The third kappa shape index (κ3) is 3.55. The number of carbonyl (C=O) groups is 1. The van der Waals surface area contributed by atoms with Crippen LogP contribution in [0.4, 0.5) is 0 Å². The first kappa shape index (κ1) is 18.3. The summed E-state index contributed by atoms with van der Waals surface area (Å²) in [4.78, 5) is 15.0. The first-order valence-electron chi connectivity index (χ1n) is 8.99. The van der Waals surface area contributed by atoms with Crippen LogP contribution in [0.15, 0.2) is 36.4 Å². The van der Waals surface area contributed by atoms with Gasteiger partial charge in [0, 0.05) is 13.1 Å². The second kappa shape index (κ2) is 7.69. The summed E-state index contributed by atoms with van der Waals surface area (Å²) in [6.45, 7) is 11.7. The fourth-order valence-corrected chi connectivity index (χ4v) is 2.89. The summed E-state index contributed by atoms with van der Waals surface area (Å²) in [7, 11) is 0. The van der Waals surface area contributed by atoms with Crippen LogP contribution in [-0.2, 0) is 0 Å². The molecule has 24 heavy (non-hydrogen) atoms. The van der Waals surface area contributed by atoms with Gasteiger partial charge in [0.05, 0.1) is 5.56 Å².